The summed E-state index contributed by atoms with van der Waals surface area (Å²) in [6.07, 6.45) is 1.81. The van der Waals surface area contributed by atoms with Gasteiger partial charge >= 0.3 is 0 Å². The van der Waals surface area contributed by atoms with Crippen molar-refractivity contribution in [2.75, 3.05) is 39.4 Å². The average Bonchev–Trinajstić information content (AvgIpc) is 2.48. The third-order valence-electron chi connectivity index (χ3n) is 3.43. The first-order valence-electron chi connectivity index (χ1n) is 7.44. The van der Waals surface area contributed by atoms with Crippen LogP contribution in [0.5, 0.6) is 0 Å². The van der Waals surface area contributed by atoms with Crippen LogP contribution in [-0.2, 0) is 11.2 Å². The number of halogens is 1. The van der Waals surface area contributed by atoms with Crippen molar-refractivity contribution in [2.45, 2.75) is 19.8 Å². The van der Waals surface area contributed by atoms with Gasteiger partial charge in [0.15, 0.2) is 0 Å². The Morgan fingerprint density at radius 3 is 2.90 bits per heavy atom. The highest BCUT2D eigenvalue weighted by Crippen LogP contribution is 2.12. The lowest BCUT2D eigenvalue weighted by atomic mass is 10.1. The number of ether oxygens (including phenoxy) is 1. The molecule has 1 fully saturated rings. The van der Waals surface area contributed by atoms with Gasteiger partial charge in [-0.3, -0.25) is 9.69 Å². The zero-order valence-corrected chi connectivity index (χ0v) is 13.2. The van der Waals surface area contributed by atoms with E-state index < -0.39 is 0 Å². The number of hydrogen-bond acceptors (Lipinski definition) is 4. The molecule has 0 saturated carbocycles. The summed E-state index contributed by atoms with van der Waals surface area (Å²) in [6.45, 7) is 6.94. The van der Waals surface area contributed by atoms with Crippen molar-refractivity contribution in [2.24, 2.45) is 0 Å². The van der Waals surface area contributed by atoms with Crippen LogP contribution in [0.3, 0.4) is 0 Å². The molecule has 6 heteroatoms. The molecule has 1 N–H and O–H groups in total. The van der Waals surface area contributed by atoms with E-state index in [-0.39, 0.29) is 5.91 Å². The van der Waals surface area contributed by atoms with E-state index in [9.17, 15) is 4.79 Å². The van der Waals surface area contributed by atoms with E-state index >= 15 is 0 Å². The van der Waals surface area contributed by atoms with Crippen molar-refractivity contribution < 1.29 is 9.53 Å². The lowest BCUT2D eigenvalue weighted by molar-refractivity contribution is 0.0383. The number of nitrogens with zero attached hydrogens (tertiary/aromatic N) is 2. The van der Waals surface area contributed by atoms with Gasteiger partial charge in [-0.1, -0.05) is 24.9 Å². The van der Waals surface area contributed by atoms with E-state index in [4.69, 9.17) is 16.3 Å². The van der Waals surface area contributed by atoms with E-state index in [0.717, 1.165) is 51.4 Å². The number of amides is 1. The molecule has 0 aromatic carbocycles. The molecule has 21 heavy (non-hydrogen) atoms. The Morgan fingerprint density at radius 2 is 2.19 bits per heavy atom. The van der Waals surface area contributed by atoms with Crippen LogP contribution < -0.4 is 5.32 Å². The van der Waals surface area contributed by atoms with E-state index in [1.54, 1.807) is 6.07 Å². The Balaban J connectivity index is 1.84. The second-order valence-electron chi connectivity index (χ2n) is 5.13. The van der Waals surface area contributed by atoms with Crippen molar-refractivity contribution in [1.82, 2.24) is 15.2 Å². The molecule has 0 aliphatic carbocycles. The predicted octanol–water partition coefficient (Wildman–Crippen LogP) is 1.75. The Morgan fingerprint density at radius 1 is 1.43 bits per heavy atom. The van der Waals surface area contributed by atoms with Gasteiger partial charge in [-0.25, -0.2) is 4.98 Å². The minimum Gasteiger partial charge on any atom is -0.379 e. The molecule has 0 atom stereocenters. The summed E-state index contributed by atoms with van der Waals surface area (Å²) in [5.41, 5.74) is 1.45. The Labute approximate surface area is 130 Å². The molecule has 0 bridgehead atoms. The summed E-state index contributed by atoms with van der Waals surface area (Å²) in [5.74, 6) is -0.0927. The zero-order valence-electron chi connectivity index (χ0n) is 12.4. The maximum Gasteiger partial charge on any atom is 0.251 e. The first-order valence-corrected chi connectivity index (χ1v) is 7.81. The van der Waals surface area contributed by atoms with Crippen molar-refractivity contribution in [3.05, 3.63) is 28.5 Å². The highest BCUT2D eigenvalue weighted by Gasteiger charge is 2.12. The van der Waals surface area contributed by atoms with Gasteiger partial charge in [0.05, 0.1) is 13.2 Å². The van der Waals surface area contributed by atoms with Crippen molar-refractivity contribution in [3.8, 4) is 0 Å². The summed E-state index contributed by atoms with van der Waals surface area (Å²) in [4.78, 5) is 18.7. The van der Waals surface area contributed by atoms with Crippen LogP contribution in [0.2, 0.25) is 5.15 Å². The van der Waals surface area contributed by atoms with Crippen LogP contribution in [0, 0.1) is 0 Å². The van der Waals surface area contributed by atoms with Crippen LogP contribution in [-0.4, -0.2) is 55.2 Å². The first-order chi connectivity index (χ1) is 10.2. The molecule has 5 nitrogen and oxygen atoms in total. The largest absolute Gasteiger partial charge is 0.379 e. The van der Waals surface area contributed by atoms with Gasteiger partial charge in [0.25, 0.3) is 5.91 Å². The third kappa shape index (κ3) is 5.26. The summed E-state index contributed by atoms with van der Waals surface area (Å²) in [7, 11) is 0. The molecule has 1 aliphatic rings. The van der Waals surface area contributed by atoms with Gasteiger partial charge in [-0.15, -0.1) is 0 Å². The van der Waals surface area contributed by atoms with Crippen molar-refractivity contribution in [1.29, 1.82) is 0 Å². The van der Waals surface area contributed by atoms with Crippen LogP contribution in [0.15, 0.2) is 12.1 Å². The number of carbonyl (C=O) groups is 1. The molecule has 2 heterocycles. The average molecular weight is 312 g/mol. The molecular formula is C15H22ClN3O2. The number of pyridine rings is 1. The number of carbonyl (C=O) groups excluding carboxylic acids is 1. The molecule has 0 radical (unpaired) electrons. The lowest BCUT2D eigenvalue weighted by Gasteiger charge is -2.26. The number of rotatable bonds is 6. The van der Waals surface area contributed by atoms with Gasteiger partial charge in [0.2, 0.25) is 0 Å². The zero-order chi connectivity index (χ0) is 15.1. The number of morpholine rings is 1. The van der Waals surface area contributed by atoms with E-state index in [2.05, 4.69) is 22.1 Å². The third-order valence-corrected chi connectivity index (χ3v) is 3.63. The van der Waals surface area contributed by atoms with Gasteiger partial charge in [-0.2, -0.15) is 0 Å². The number of nitrogens with one attached hydrogen (secondary N) is 1. The molecule has 0 unspecified atom stereocenters. The fourth-order valence-electron chi connectivity index (χ4n) is 2.32. The number of aromatic nitrogens is 1. The van der Waals surface area contributed by atoms with Crippen LogP contribution >= 0.6 is 11.6 Å². The fraction of sp³-hybridized carbons (Fsp3) is 0.600. The Bertz CT molecular complexity index is 476. The van der Waals surface area contributed by atoms with Crippen molar-refractivity contribution >= 4 is 17.5 Å². The van der Waals surface area contributed by atoms with Gasteiger partial charge < -0.3 is 10.1 Å². The fourth-order valence-corrected chi connectivity index (χ4v) is 2.55. The second-order valence-corrected chi connectivity index (χ2v) is 5.52. The second kappa shape index (κ2) is 8.32. The van der Waals surface area contributed by atoms with Gasteiger partial charge in [-0.05, 0) is 18.6 Å². The quantitative estimate of drug-likeness (QED) is 0.813. The monoisotopic (exact) mass is 311 g/mol. The standard InChI is InChI=1S/C15H22ClN3O2/c1-2-3-13-10-12(11-14(16)18-13)15(20)17-4-5-19-6-8-21-9-7-19/h10-11H,2-9H2,1H3,(H,17,20). The van der Waals surface area contributed by atoms with Crippen LogP contribution in [0.4, 0.5) is 0 Å². The molecular weight excluding hydrogens is 290 g/mol. The molecule has 1 aromatic rings. The van der Waals surface area contributed by atoms with Gasteiger partial charge in [0.1, 0.15) is 5.15 Å². The van der Waals surface area contributed by atoms with Gasteiger partial charge in [0, 0.05) is 37.4 Å². The normalized spacial score (nSPS) is 15.9. The Hall–Kier alpha value is -1.17. The molecule has 1 saturated heterocycles. The van der Waals surface area contributed by atoms with Crippen LogP contribution in [0.25, 0.3) is 0 Å². The Kier molecular flexibility index (Phi) is 6.42. The number of aryl methyl sites for hydroxylation is 1. The topological polar surface area (TPSA) is 54.5 Å². The molecule has 0 spiro atoms. The summed E-state index contributed by atoms with van der Waals surface area (Å²) in [5, 5.41) is 3.31. The molecule has 116 valence electrons. The molecule has 2 rings (SSSR count). The smallest absolute Gasteiger partial charge is 0.251 e. The highest BCUT2D eigenvalue weighted by atomic mass is 35.5. The van der Waals surface area contributed by atoms with Crippen LogP contribution in [0.1, 0.15) is 29.4 Å². The summed E-state index contributed by atoms with van der Waals surface area (Å²) in [6, 6.07) is 3.43. The van der Waals surface area contributed by atoms with Crippen molar-refractivity contribution in [3.63, 3.8) is 0 Å². The molecule has 1 aliphatic heterocycles. The van der Waals surface area contributed by atoms with E-state index in [1.807, 2.05) is 6.07 Å². The highest BCUT2D eigenvalue weighted by molar-refractivity contribution is 6.29. The molecule has 1 amide bonds. The SMILES string of the molecule is CCCc1cc(C(=O)NCCN2CCOCC2)cc(Cl)n1. The maximum absolute atomic E-state index is 12.2. The molecule has 1 aromatic heterocycles. The number of hydrogen-bond donors (Lipinski definition) is 1. The summed E-state index contributed by atoms with van der Waals surface area (Å²) < 4.78 is 5.30. The first kappa shape index (κ1) is 16.2. The van der Waals surface area contributed by atoms with E-state index in [0.29, 0.717) is 17.3 Å². The lowest BCUT2D eigenvalue weighted by Crippen LogP contribution is -2.41. The summed E-state index contributed by atoms with van der Waals surface area (Å²) >= 11 is 5.97. The minimum atomic E-state index is -0.0927. The van der Waals surface area contributed by atoms with E-state index in [1.165, 1.54) is 0 Å². The maximum atomic E-state index is 12.2. The predicted molar refractivity (Wildman–Crippen MR) is 82.8 cm³/mol. The minimum absolute atomic E-state index is 0.0927.